The second kappa shape index (κ2) is 7.68. The molecule has 0 aliphatic carbocycles. The van der Waals surface area contributed by atoms with Crippen LogP contribution in [0.3, 0.4) is 0 Å². The van der Waals surface area contributed by atoms with Gasteiger partial charge in [-0.2, -0.15) is 0 Å². The van der Waals surface area contributed by atoms with E-state index < -0.39 is 0 Å². The zero-order chi connectivity index (χ0) is 12.5. The van der Waals surface area contributed by atoms with Crippen molar-refractivity contribution in [2.75, 3.05) is 25.6 Å². The number of rotatable bonds is 7. The molecule has 1 aromatic rings. The van der Waals surface area contributed by atoms with E-state index in [1.54, 1.807) is 12.1 Å². The molecule has 0 aromatic heterocycles. The average Bonchev–Trinajstić information content (AvgIpc) is 2.32. The number of carbonyl (C=O) groups excluding carboxylic acids is 1. The monoisotopic (exact) mass is 237 g/mol. The Hall–Kier alpha value is -1.55. The minimum absolute atomic E-state index is 0.0312. The van der Waals surface area contributed by atoms with Crippen LogP contribution in [-0.4, -0.2) is 26.2 Å². The van der Waals surface area contributed by atoms with Gasteiger partial charge in [-0.15, -0.1) is 0 Å². The number of methoxy groups -OCH3 is 1. The van der Waals surface area contributed by atoms with Crippen LogP contribution < -0.4 is 10.1 Å². The van der Waals surface area contributed by atoms with Gasteiger partial charge in [0.05, 0.1) is 0 Å². The van der Waals surface area contributed by atoms with Crippen LogP contribution >= 0.6 is 0 Å². The summed E-state index contributed by atoms with van der Waals surface area (Å²) in [5.41, 5.74) is 1.03. The highest BCUT2D eigenvalue weighted by atomic mass is 16.6. The molecular weight excluding hydrogens is 218 g/mol. The van der Waals surface area contributed by atoms with Crippen molar-refractivity contribution in [3.8, 4) is 5.75 Å². The second-order valence-electron chi connectivity index (χ2n) is 3.71. The molecule has 1 rings (SSSR count). The maximum atomic E-state index is 11.1. The Bertz CT molecular complexity index is 335. The summed E-state index contributed by atoms with van der Waals surface area (Å²) in [5.74, 6) is 0.146. The van der Waals surface area contributed by atoms with Crippen LogP contribution in [0, 0.1) is 0 Å². The standard InChI is InChI=1S/C13H19NO3/c1-3-4-9-14-11-5-7-12(8-6-11)17-13(15)10-16-2/h5-8,14H,3-4,9-10H2,1-2H3. The lowest BCUT2D eigenvalue weighted by Gasteiger charge is -2.07. The maximum Gasteiger partial charge on any atom is 0.337 e. The Labute approximate surface area is 102 Å². The van der Waals surface area contributed by atoms with Gasteiger partial charge in [-0.1, -0.05) is 13.3 Å². The lowest BCUT2D eigenvalue weighted by atomic mass is 10.3. The average molecular weight is 237 g/mol. The van der Waals surface area contributed by atoms with Crippen molar-refractivity contribution in [3.05, 3.63) is 24.3 Å². The number of ether oxygens (including phenoxy) is 2. The SMILES string of the molecule is CCCCNc1ccc(OC(=O)COC)cc1. The molecule has 0 heterocycles. The number of nitrogens with one attached hydrogen (secondary N) is 1. The van der Waals surface area contributed by atoms with E-state index in [1.807, 2.05) is 12.1 Å². The van der Waals surface area contributed by atoms with Crippen molar-refractivity contribution in [2.24, 2.45) is 0 Å². The fourth-order valence-corrected chi connectivity index (χ4v) is 1.33. The fourth-order valence-electron chi connectivity index (χ4n) is 1.33. The first kappa shape index (κ1) is 13.5. The molecule has 0 radical (unpaired) electrons. The van der Waals surface area contributed by atoms with Crippen molar-refractivity contribution < 1.29 is 14.3 Å². The van der Waals surface area contributed by atoms with E-state index in [1.165, 1.54) is 13.5 Å². The highest BCUT2D eigenvalue weighted by molar-refractivity contribution is 5.73. The van der Waals surface area contributed by atoms with Gasteiger partial charge in [0, 0.05) is 19.3 Å². The number of hydrogen-bond acceptors (Lipinski definition) is 4. The molecule has 94 valence electrons. The van der Waals surface area contributed by atoms with Gasteiger partial charge in [0.15, 0.2) is 0 Å². The Morgan fingerprint density at radius 3 is 2.59 bits per heavy atom. The molecule has 0 aliphatic rings. The summed E-state index contributed by atoms with van der Waals surface area (Å²) in [4.78, 5) is 11.1. The highest BCUT2D eigenvalue weighted by Crippen LogP contribution is 2.15. The van der Waals surface area contributed by atoms with E-state index in [-0.39, 0.29) is 12.6 Å². The van der Waals surface area contributed by atoms with Gasteiger partial charge in [-0.05, 0) is 30.7 Å². The minimum Gasteiger partial charge on any atom is -0.425 e. The van der Waals surface area contributed by atoms with Crippen LogP contribution in [0.5, 0.6) is 5.75 Å². The van der Waals surface area contributed by atoms with Gasteiger partial charge in [0.25, 0.3) is 0 Å². The molecule has 1 aromatic carbocycles. The van der Waals surface area contributed by atoms with Crippen LogP contribution in [0.25, 0.3) is 0 Å². The Morgan fingerprint density at radius 2 is 2.00 bits per heavy atom. The van der Waals surface area contributed by atoms with Gasteiger partial charge < -0.3 is 14.8 Å². The summed E-state index contributed by atoms with van der Waals surface area (Å²) in [7, 11) is 1.46. The molecule has 4 nitrogen and oxygen atoms in total. The molecular formula is C13H19NO3. The Balaban J connectivity index is 2.41. The van der Waals surface area contributed by atoms with E-state index in [4.69, 9.17) is 4.74 Å². The first-order valence-electron chi connectivity index (χ1n) is 5.79. The van der Waals surface area contributed by atoms with E-state index in [0.29, 0.717) is 5.75 Å². The normalized spacial score (nSPS) is 10.0. The second-order valence-corrected chi connectivity index (χ2v) is 3.71. The third-order valence-corrected chi connectivity index (χ3v) is 2.21. The predicted molar refractivity (Wildman–Crippen MR) is 67.4 cm³/mol. The van der Waals surface area contributed by atoms with Crippen molar-refractivity contribution in [1.82, 2.24) is 0 Å². The van der Waals surface area contributed by atoms with E-state index in [2.05, 4.69) is 17.0 Å². The molecule has 0 atom stereocenters. The zero-order valence-corrected chi connectivity index (χ0v) is 10.4. The van der Waals surface area contributed by atoms with Crippen LogP contribution in [0.1, 0.15) is 19.8 Å². The van der Waals surface area contributed by atoms with Crippen LogP contribution in [0.15, 0.2) is 24.3 Å². The first-order chi connectivity index (χ1) is 8.26. The minimum atomic E-state index is -0.390. The smallest absolute Gasteiger partial charge is 0.337 e. The molecule has 0 saturated carbocycles. The van der Waals surface area contributed by atoms with Gasteiger partial charge in [-0.3, -0.25) is 0 Å². The summed E-state index contributed by atoms with van der Waals surface area (Å²) in [6.07, 6.45) is 2.31. The van der Waals surface area contributed by atoms with Gasteiger partial charge in [-0.25, -0.2) is 4.79 Å². The van der Waals surface area contributed by atoms with Crippen LogP contribution in [0.2, 0.25) is 0 Å². The number of unbranched alkanes of at least 4 members (excludes halogenated alkanes) is 1. The van der Waals surface area contributed by atoms with Crippen molar-refractivity contribution in [1.29, 1.82) is 0 Å². The molecule has 0 unspecified atom stereocenters. The number of benzene rings is 1. The summed E-state index contributed by atoms with van der Waals surface area (Å²) in [5, 5.41) is 3.29. The van der Waals surface area contributed by atoms with Gasteiger partial charge in [0.2, 0.25) is 0 Å². The molecule has 0 fully saturated rings. The third-order valence-electron chi connectivity index (χ3n) is 2.21. The maximum absolute atomic E-state index is 11.1. The topological polar surface area (TPSA) is 47.6 Å². The molecule has 0 spiro atoms. The largest absolute Gasteiger partial charge is 0.425 e. The fraction of sp³-hybridized carbons (Fsp3) is 0.462. The van der Waals surface area contributed by atoms with Crippen molar-refractivity contribution in [2.45, 2.75) is 19.8 Å². The molecule has 4 heteroatoms. The lowest BCUT2D eigenvalue weighted by molar-refractivity contribution is -0.138. The third kappa shape index (κ3) is 5.36. The highest BCUT2D eigenvalue weighted by Gasteiger charge is 2.03. The van der Waals surface area contributed by atoms with E-state index >= 15 is 0 Å². The summed E-state index contributed by atoms with van der Waals surface area (Å²) in [6.45, 7) is 3.08. The zero-order valence-electron chi connectivity index (χ0n) is 10.4. The summed E-state index contributed by atoms with van der Waals surface area (Å²) < 4.78 is 9.72. The predicted octanol–water partition coefficient (Wildman–Crippen LogP) is 2.45. The molecule has 17 heavy (non-hydrogen) atoms. The van der Waals surface area contributed by atoms with Gasteiger partial charge >= 0.3 is 5.97 Å². The molecule has 1 N–H and O–H groups in total. The van der Waals surface area contributed by atoms with Crippen molar-refractivity contribution in [3.63, 3.8) is 0 Å². The number of esters is 1. The molecule has 0 saturated heterocycles. The number of hydrogen-bond donors (Lipinski definition) is 1. The molecule has 0 aliphatic heterocycles. The van der Waals surface area contributed by atoms with Crippen molar-refractivity contribution >= 4 is 11.7 Å². The molecule has 0 amide bonds. The Morgan fingerprint density at radius 1 is 1.29 bits per heavy atom. The quantitative estimate of drug-likeness (QED) is 0.449. The summed E-state index contributed by atoms with van der Waals surface area (Å²) in [6, 6.07) is 7.32. The lowest BCUT2D eigenvalue weighted by Crippen LogP contribution is -2.14. The Kier molecular flexibility index (Phi) is 6.10. The van der Waals surface area contributed by atoms with Gasteiger partial charge in [0.1, 0.15) is 12.4 Å². The number of carbonyl (C=O) groups is 1. The van der Waals surface area contributed by atoms with Crippen LogP contribution in [0.4, 0.5) is 5.69 Å². The number of anilines is 1. The first-order valence-corrected chi connectivity index (χ1v) is 5.79. The van der Waals surface area contributed by atoms with Crippen LogP contribution in [-0.2, 0) is 9.53 Å². The molecule has 0 bridgehead atoms. The van der Waals surface area contributed by atoms with E-state index in [0.717, 1.165) is 18.7 Å². The summed E-state index contributed by atoms with van der Waals surface area (Å²) >= 11 is 0. The van der Waals surface area contributed by atoms with E-state index in [9.17, 15) is 4.79 Å².